The molecule has 0 bridgehead atoms. The summed E-state index contributed by atoms with van der Waals surface area (Å²) in [5, 5.41) is 6.40. The Morgan fingerprint density at radius 1 is 1.43 bits per heavy atom. The van der Waals surface area contributed by atoms with Gasteiger partial charge in [0.05, 0.1) is 6.61 Å². The van der Waals surface area contributed by atoms with Gasteiger partial charge in [0.2, 0.25) is 5.91 Å². The highest BCUT2D eigenvalue weighted by Crippen LogP contribution is 2.12. The van der Waals surface area contributed by atoms with Gasteiger partial charge < -0.3 is 15.4 Å². The highest BCUT2D eigenvalue weighted by molar-refractivity contribution is 5.76. The monoisotopic (exact) mass is 294 g/mol. The molecule has 0 saturated carbocycles. The topological polar surface area (TPSA) is 50.4 Å². The molecule has 1 heterocycles. The Morgan fingerprint density at radius 2 is 2.19 bits per heavy atom. The summed E-state index contributed by atoms with van der Waals surface area (Å²) in [6, 6.07) is 6.18. The van der Waals surface area contributed by atoms with E-state index in [1.54, 1.807) is 12.1 Å². The van der Waals surface area contributed by atoms with Gasteiger partial charge in [-0.15, -0.1) is 0 Å². The van der Waals surface area contributed by atoms with Crippen molar-refractivity contribution < 1.29 is 13.9 Å². The minimum atomic E-state index is -0.280. The molecular weight excluding hydrogens is 271 g/mol. The molecule has 2 unspecified atom stereocenters. The van der Waals surface area contributed by atoms with E-state index in [0.29, 0.717) is 31.1 Å². The van der Waals surface area contributed by atoms with Crippen LogP contribution in [0.4, 0.5) is 4.39 Å². The first-order valence-corrected chi connectivity index (χ1v) is 7.53. The van der Waals surface area contributed by atoms with Crippen molar-refractivity contribution in [2.45, 2.75) is 32.2 Å². The van der Waals surface area contributed by atoms with Crippen LogP contribution in [0.3, 0.4) is 0 Å². The molecule has 0 aromatic heterocycles. The summed E-state index contributed by atoms with van der Waals surface area (Å²) in [5.74, 6) is 0.899. The van der Waals surface area contributed by atoms with Gasteiger partial charge in [0, 0.05) is 12.5 Å². The minimum absolute atomic E-state index is 0.0801. The van der Waals surface area contributed by atoms with Crippen LogP contribution in [0.1, 0.15) is 26.2 Å². The third kappa shape index (κ3) is 5.34. The van der Waals surface area contributed by atoms with Crippen LogP contribution in [0.5, 0.6) is 5.75 Å². The number of ether oxygens (including phenoxy) is 1. The predicted octanol–water partition coefficient (Wildman–Crippen LogP) is 2.10. The Hall–Kier alpha value is -1.62. The lowest BCUT2D eigenvalue weighted by molar-refractivity contribution is -0.122. The number of carbonyl (C=O) groups is 1. The summed E-state index contributed by atoms with van der Waals surface area (Å²) in [5.41, 5.74) is 0. The van der Waals surface area contributed by atoms with Gasteiger partial charge in [0.15, 0.2) is 0 Å². The van der Waals surface area contributed by atoms with Gasteiger partial charge in [-0.3, -0.25) is 4.79 Å². The second kappa shape index (κ2) is 7.98. The molecule has 0 radical (unpaired) electrons. The first-order chi connectivity index (χ1) is 10.1. The summed E-state index contributed by atoms with van der Waals surface area (Å²) in [4.78, 5) is 11.9. The molecule has 5 heteroatoms. The van der Waals surface area contributed by atoms with E-state index in [9.17, 15) is 9.18 Å². The third-order valence-corrected chi connectivity index (χ3v) is 3.76. The van der Waals surface area contributed by atoms with Crippen molar-refractivity contribution in [1.29, 1.82) is 0 Å². The van der Waals surface area contributed by atoms with E-state index < -0.39 is 0 Å². The maximum Gasteiger partial charge on any atom is 0.220 e. The van der Waals surface area contributed by atoms with Crippen molar-refractivity contribution in [2.24, 2.45) is 5.92 Å². The maximum atomic E-state index is 12.7. The number of rotatable bonds is 6. The molecule has 1 aromatic carbocycles. The summed E-state index contributed by atoms with van der Waals surface area (Å²) in [6.45, 7) is 4.52. The van der Waals surface area contributed by atoms with Gasteiger partial charge in [-0.2, -0.15) is 0 Å². The molecule has 21 heavy (non-hydrogen) atoms. The number of hydrogen-bond donors (Lipinski definition) is 2. The number of amides is 1. The summed E-state index contributed by atoms with van der Waals surface area (Å²) >= 11 is 0. The van der Waals surface area contributed by atoms with Crippen molar-refractivity contribution in [1.82, 2.24) is 10.6 Å². The first kappa shape index (κ1) is 15.8. The zero-order chi connectivity index (χ0) is 15.1. The van der Waals surface area contributed by atoms with Crippen LogP contribution < -0.4 is 15.4 Å². The van der Waals surface area contributed by atoms with Crippen LogP contribution >= 0.6 is 0 Å². The van der Waals surface area contributed by atoms with Gasteiger partial charge in [-0.05, 0) is 56.1 Å². The number of carbonyl (C=O) groups excluding carboxylic acids is 1. The fourth-order valence-electron chi connectivity index (χ4n) is 2.46. The Balaban J connectivity index is 1.61. The molecule has 1 aliphatic rings. The van der Waals surface area contributed by atoms with Crippen molar-refractivity contribution in [2.75, 3.05) is 19.7 Å². The minimum Gasteiger partial charge on any atom is -0.494 e. The number of hydrogen-bond acceptors (Lipinski definition) is 3. The molecule has 1 aromatic rings. The smallest absolute Gasteiger partial charge is 0.220 e. The van der Waals surface area contributed by atoms with Crippen LogP contribution in [0.25, 0.3) is 0 Å². The number of benzene rings is 1. The zero-order valence-corrected chi connectivity index (χ0v) is 12.4. The molecule has 2 atom stereocenters. The van der Waals surface area contributed by atoms with Gasteiger partial charge in [0.25, 0.3) is 0 Å². The summed E-state index contributed by atoms with van der Waals surface area (Å²) < 4.78 is 18.2. The molecule has 1 aliphatic heterocycles. The molecule has 0 aliphatic carbocycles. The van der Waals surface area contributed by atoms with E-state index in [2.05, 4.69) is 17.6 Å². The Labute approximate surface area is 125 Å². The molecule has 2 rings (SSSR count). The SMILES string of the molecule is CC1CNCCC1NC(=O)CCCOc1ccc(F)cc1. The summed E-state index contributed by atoms with van der Waals surface area (Å²) in [7, 11) is 0. The van der Waals surface area contributed by atoms with E-state index in [1.165, 1.54) is 12.1 Å². The lowest BCUT2D eigenvalue weighted by Gasteiger charge is -2.30. The van der Waals surface area contributed by atoms with Crippen molar-refractivity contribution in [3.8, 4) is 5.75 Å². The van der Waals surface area contributed by atoms with E-state index in [4.69, 9.17) is 4.74 Å². The fraction of sp³-hybridized carbons (Fsp3) is 0.562. The Bertz CT molecular complexity index is 450. The average molecular weight is 294 g/mol. The lowest BCUT2D eigenvalue weighted by Crippen LogP contribution is -2.48. The fourth-order valence-corrected chi connectivity index (χ4v) is 2.46. The zero-order valence-electron chi connectivity index (χ0n) is 12.4. The second-order valence-electron chi connectivity index (χ2n) is 5.55. The number of nitrogens with one attached hydrogen (secondary N) is 2. The lowest BCUT2D eigenvalue weighted by atomic mass is 9.95. The molecule has 116 valence electrons. The molecule has 1 saturated heterocycles. The Morgan fingerprint density at radius 3 is 2.90 bits per heavy atom. The standard InChI is InChI=1S/C16H23FN2O2/c1-12-11-18-9-8-15(12)19-16(20)3-2-10-21-14-6-4-13(17)5-7-14/h4-7,12,15,18H,2-3,8-11H2,1H3,(H,19,20). The van der Waals surface area contributed by atoms with Crippen LogP contribution in [0.15, 0.2) is 24.3 Å². The second-order valence-corrected chi connectivity index (χ2v) is 5.55. The largest absolute Gasteiger partial charge is 0.494 e. The number of piperidine rings is 1. The van der Waals surface area contributed by atoms with Crippen LogP contribution in [-0.4, -0.2) is 31.6 Å². The predicted molar refractivity (Wildman–Crippen MR) is 79.7 cm³/mol. The molecule has 4 nitrogen and oxygen atoms in total. The van der Waals surface area contributed by atoms with E-state index in [1.807, 2.05) is 0 Å². The Kier molecular flexibility index (Phi) is 5.99. The normalized spacial score (nSPS) is 21.8. The summed E-state index contributed by atoms with van der Waals surface area (Å²) in [6.07, 6.45) is 2.10. The van der Waals surface area contributed by atoms with Crippen LogP contribution in [-0.2, 0) is 4.79 Å². The third-order valence-electron chi connectivity index (χ3n) is 3.76. The van der Waals surface area contributed by atoms with Crippen LogP contribution in [0.2, 0.25) is 0 Å². The van der Waals surface area contributed by atoms with Gasteiger partial charge >= 0.3 is 0 Å². The van der Waals surface area contributed by atoms with Crippen molar-refractivity contribution >= 4 is 5.91 Å². The molecular formula is C16H23FN2O2. The number of halogens is 1. The van der Waals surface area contributed by atoms with Gasteiger partial charge in [-0.25, -0.2) is 4.39 Å². The van der Waals surface area contributed by atoms with Crippen molar-refractivity contribution in [3.05, 3.63) is 30.1 Å². The highest BCUT2D eigenvalue weighted by Gasteiger charge is 2.22. The van der Waals surface area contributed by atoms with Crippen molar-refractivity contribution in [3.63, 3.8) is 0 Å². The van der Waals surface area contributed by atoms with E-state index in [0.717, 1.165) is 19.5 Å². The highest BCUT2D eigenvalue weighted by atomic mass is 19.1. The van der Waals surface area contributed by atoms with Crippen LogP contribution in [0, 0.1) is 11.7 Å². The first-order valence-electron chi connectivity index (χ1n) is 7.53. The molecule has 2 N–H and O–H groups in total. The average Bonchev–Trinajstić information content (AvgIpc) is 2.48. The van der Waals surface area contributed by atoms with Gasteiger partial charge in [-0.1, -0.05) is 6.92 Å². The molecule has 1 amide bonds. The maximum absolute atomic E-state index is 12.7. The van der Waals surface area contributed by atoms with Gasteiger partial charge in [0.1, 0.15) is 11.6 Å². The molecule has 1 fully saturated rings. The van der Waals surface area contributed by atoms with E-state index in [-0.39, 0.29) is 17.8 Å². The quantitative estimate of drug-likeness (QED) is 0.790. The molecule has 0 spiro atoms. The van der Waals surface area contributed by atoms with E-state index >= 15 is 0 Å².